The zero-order valence-electron chi connectivity index (χ0n) is 12.0. The summed E-state index contributed by atoms with van der Waals surface area (Å²) in [5, 5.41) is 2.19. The van der Waals surface area contributed by atoms with E-state index in [4.69, 9.17) is 0 Å². The molecule has 0 aliphatic carbocycles. The Balaban J connectivity index is 1.72. The lowest BCUT2D eigenvalue weighted by Crippen LogP contribution is -2.37. The molecule has 5 heteroatoms. The molecule has 4 nitrogen and oxygen atoms in total. The number of aryl methyl sites for hydroxylation is 1. The van der Waals surface area contributed by atoms with Gasteiger partial charge in [0.15, 0.2) is 0 Å². The van der Waals surface area contributed by atoms with Gasteiger partial charge < -0.3 is 4.90 Å². The fourth-order valence-corrected chi connectivity index (χ4v) is 4.70. The average molecular weight is 288 g/mol. The van der Waals surface area contributed by atoms with Crippen LogP contribution < -0.4 is 4.90 Å². The van der Waals surface area contributed by atoms with Gasteiger partial charge in [-0.25, -0.2) is 9.97 Å². The minimum absolute atomic E-state index is 0.688. The van der Waals surface area contributed by atoms with Gasteiger partial charge in [0, 0.05) is 25.2 Å². The van der Waals surface area contributed by atoms with Crippen LogP contribution in [0.3, 0.4) is 0 Å². The first kappa shape index (κ1) is 12.5. The van der Waals surface area contributed by atoms with E-state index in [1.165, 1.54) is 29.5 Å². The van der Waals surface area contributed by atoms with Gasteiger partial charge in [0.2, 0.25) is 0 Å². The molecule has 0 N–H and O–H groups in total. The minimum atomic E-state index is 0.688. The van der Waals surface area contributed by atoms with Crippen LogP contribution >= 0.6 is 11.3 Å². The van der Waals surface area contributed by atoms with Crippen molar-refractivity contribution < 1.29 is 0 Å². The number of fused-ring (bicyclic) bond motifs is 3. The van der Waals surface area contributed by atoms with Gasteiger partial charge in [-0.3, -0.25) is 4.90 Å². The molecule has 106 valence electrons. The summed E-state index contributed by atoms with van der Waals surface area (Å²) < 4.78 is 1.26. The van der Waals surface area contributed by atoms with Gasteiger partial charge in [-0.15, -0.1) is 11.3 Å². The molecule has 4 rings (SSSR count). The monoisotopic (exact) mass is 288 g/mol. The summed E-state index contributed by atoms with van der Waals surface area (Å²) in [5.41, 5.74) is 2.39. The van der Waals surface area contributed by atoms with Crippen molar-refractivity contribution in [2.24, 2.45) is 0 Å². The molecule has 4 heterocycles. The number of thiophene rings is 1. The van der Waals surface area contributed by atoms with Gasteiger partial charge >= 0.3 is 0 Å². The van der Waals surface area contributed by atoms with Crippen molar-refractivity contribution in [2.75, 3.05) is 25.0 Å². The Morgan fingerprint density at radius 1 is 1.20 bits per heavy atom. The van der Waals surface area contributed by atoms with E-state index < -0.39 is 0 Å². The molecule has 2 aromatic rings. The van der Waals surface area contributed by atoms with E-state index in [-0.39, 0.29) is 0 Å². The predicted molar refractivity (Wildman–Crippen MR) is 83.6 cm³/mol. The van der Waals surface area contributed by atoms with E-state index in [1.807, 2.05) is 0 Å². The predicted octanol–water partition coefficient (Wildman–Crippen LogP) is 2.67. The van der Waals surface area contributed by atoms with Crippen molar-refractivity contribution >= 4 is 27.4 Å². The molecule has 2 bridgehead atoms. The van der Waals surface area contributed by atoms with Gasteiger partial charge in [0.05, 0.1) is 10.2 Å². The van der Waals surface area contributed by atoms with Crippen LogP contribution in [0.4, 0.5) is 5.82 Å². The highest BCUT2D eigenvalue weighted by Crippen LogP contribution is 2.35. The van der Waals surface area contributed by atoms with Gasteiger partial charge in [0.25, 0.3) is 0 Å². The van der Waals surface area contributed by atoms with Crippen LogP contribution in [0.1, 0.15) is 24.8 Å². The number of anilines is 1. The van der Waals surface area contributed by atoms with Crippen LogP contribution in [-0.4, -0.2) is 47.1 Å². The number of hydrogen-bond donors (Lipinski definition) is 0. The summed E-state index contributed by atoms with van der Waals surface area (Å²) in [7, 11) is 2.29. The van der Waals surface area contributed by atoms with E-state index >= 15 is 0 Å². The maximum atomic E-state index is 4.60. The molecule has 2 aromatic heterocycles. The number of aromatic nitrogens is 2. The molecule has 2 saturated heterocycles. The molecule has 2 atom stereocenters. The lowest BCUT2D eigenvalue weighted by Gasteiger charge is -2.26. The third kappa shape index (κ3) is 1.84. The number of likely N-dealkylation sites (N-methyl/N-ethyl adjacent to an activating group) is 1. The molecule has 2 aliphatic rings. The Labute approximate surface area is 123 Å². The smallest absolute Gasteiger partial charge is 0.150 e. The van der Waals surface area contributed by atoms with Crippen molar-refractivity contribution in [3.63, 3.8) is 0 Å². The Bertz CT molecular complexity index is 638. The number of hydrogen-bond acceptors (Lipinski definition) is 5. The van der Waals surface area contributed by atoms with Gasteiger partial charge in [-0.2, -0.15) is 0 Å². The van der Waals surface area contributed by atoms with Crippen LogP contribution in [0.25, 0.3) is 10.2 Å². The first-order chi connectivity index (χ1) is 9.74. The topological polar surface area (TPSA) is 32.3 Å². The summed E-state index contributed by atoms with van der Waals surface area (Å²) in [6.45, 7) is 4.36. The maximum Gasteiger partial charge on any atom is 0.150 e. The van der Waals surface area contributed by atoms with Crippen LogP contribution in [0, 0.1) is 6.92 Å². The van der Waals surface area contributed by atoms with Crippen LogP contribution in [0.5, 0.6) is 0 Å². The van der Waals surface area contributed by atoms with Crippen LogP contribution in [-0.2, 0) is 0 Å². The van der Waals surface area contributed by atoms with Crippen molar-refractivity contribution in [1.82, 2.24) is 14.9 Å². The van der Waals surface area contributed by atoms with Crippen molar-refractivity contribution in [3.8, 4) is 0 Å². The van der Waals surface area contributed by atoms with E-state index in [0.717, 1.165) is 30.5 Å². The second-order valence-corrected chi connectivity index (χ2v) is 6.96. The zero-order valence-corrected chi connectivity index (χ0v) is 12.9. The molecule has 2 aliphatic heterocycles. The lowest BCUT2D eigenvalue weighted by atomic mass is 10.1. The molecule has 0 radical (unpaired) electrons. The Morgan fingerprint density at radius 2 is 2.05 bits per heavy atom. The highest BCUT2D eigenvalue weighted by atomic mass is 32.1. The van der Waals surface area contributed by atoms with Crippen LogP contribution in [0.15, 0.2) is 11.7 Å². The molecule has 20 heavy (non-hydrogen) atoms. The first-order valence-corrected chi connectivity index (χ1v) is 8.27. The Hall–Kier alpha value is -1.20. The standard InChI is InChI=1S/C15H20N4S/c1-10-8-20-14-13(10)16-9-17-15(14)19-6-5-11-3-4-12(7-19)18(11)2/h8-9,11-12H,3-7H2,1-2H3/t11-,12+/m1/s1. The second-order valence-electron chi connectivity index (χ2n) is 6.08. The van der Waals surface area contributed by atoms with E-state index in [1.54, 1.807) is 17.7 Å². The molecule has 0 saturated carbocycles. The van der Waals surface area contributed by atoms with Crippen molar-refractivity contribution in [2.45, 2.75) is 38.3 Å². The molecule has 0 unspecified atom stereocenters. The third-order valence-electron chi connectivity index (χ3n) is 4.96. The van der Waals surface area contributed by atoms with Gasteiger partial charge in [-0.05, 0) is 44.2 Å². The molecular formula is C15H20N4S. The summed E-state index contributed by atoms with van der Waals surface area (Å²) >= 11 is 1.78. The van der Waals surface area contributed by atoms with E-state index in [2.05, 4.69) is 39.1 Å². The van der Waals surface area contributed by atoms with E-state index in [0.29, 0.717) is 6.04 Å². The highest BCUT2D eigenvalue weighted by molar-refractivity contribution is 7.18. The molecule has 0 amide bonds. The molecule has 0 spiro atoms. The Kier molecular flexibility index (Phi) is 2.93. The first-order valence-electron chi connectivity index (χ1n) is 7.39. The number of nitrogens with zero attached hydrogens (tertiary/aromatic N) is 4. The molecule has 2 fully saturated rings. The summed E-state index contributed by atoms with van der Waals surface area (Å²) in [5.74, 6) is 1.15. The largest absolute Gasteiger partial charge is 0.354 e. The molecular weight excluding hydrogens is 268 g/mol. The van der Waals surface area contributed by atoms with Crippen molar-refractivity contribution in [1.29, 1.82) is 0 Å². The fourth-order valence-electron chi connectivity index (χ4n) is 3.68. The van der Waals surface area contributed by atoms with Gasteiger partial charge in [0.1, 0.15) is 12.1 Å². The third-order valence-corrected chi connectivity index (χ3v) is 6.04. The lowest BCUT2D eigenvalue weighted by molar-refractivity contribution is 0.254. The quantitative estimate of drug-likeness (QED) is 0.807. The van der Waals surface area contributed by atoms with Gasteiger partial charge in [-0.1, -0.05) is 0 Å². The van der Waals surface area contributed by atoms with Crippen LogP contribution in [0.2, 0.25) is 0 Å². The highest BCUT2D eigenvalue weighted by Gasteiger charge is 2.35. The normalized spacial score (nSPS) is 27.2. The van der Waals surface area contributed by atoms with E-state index in [9.17, 15) is 0 Å². The maximum absolute atomic E-state index is 4.60. The Morgan fingerprint density at radius 3 is 2.95 bits per heavy atom. The zero-order chi connectivity index (χ0) is 13.7. The summed E-state index contributed by atoms with van der Waals surface area (Å²) in [6.07, 6.45) is 5.68. The SMILES string of the molecule is Cc1csc2c(N3CC[C@H]4CC[C@@H](C3)N4C)ncnc12. The summed E-state index contributed by atoms with van der Waals surface area (Å²) in [6, 6.07) is 1.46. The number of rotatable bonds is 1. The second kappa shape index (κ2) is 4.67. The average Bonchev–Trinajstić information content (AvgIpc) is 2.92. The summed E-state index contributed by atoms with van der Waals surface area (Å²) in [4.78, 5) is 14.1. The van der Waals surface area contributed by atoms with Crippen molar-refractivity contribution in [3.05, 3.63) is 17.3 Å². The minimum Gasteiger partial charge on any atom is -0.354 e. The fraction of sp³-hybridized carbons (Fsp3) is 0.600. The molecule has 0 aromatic carbocycles.